The fourth-order valence-electron chi connectivity index (χ4n) is 5.53. The first kappa shape index (κ1) is 49.0. The first-order valence-electron chi connectivity index (χ1n) is 20.3. The highest BCUT2D eigenvalue weighted by Crippen LogP contribution is 2.13. The molecule has 0 aromatic rings. The number of esters is 2. The molecule has 0 aliphatic carbocycles. The van der Waals surface area contributed by atoms with Crippen LogP contribution in [0.25, 0.3) is 0 Å². The van der Waals surface area contributed by atoms with Crippen LogP contribution in [-0.2, 0) is 28.6 Å². The summed E-state index contributed by atoms with van der Waals surface area (Å²) in [6, 6.07) is -0.621. The van der Waals surface area contributed by atoms with Gasteiger partial charge in [0.2, 0.25) is 0 Å². The molecule has 0 aliphatic heterocycles. The summed E-state index contributed by atoms with van der Waals surface area (Å²) in [5.41, 5.74) is 0. The number of nitrogens with zero attached hydrogens (tertiary/aromatic N) is 1. The number of unbranched alkanes of at least 4 members (excludes halogenated alkanes) is 11. The maximum atomic E-state index is 12.7. The van der Waals surface area contributed by atoms with Crippen LogP contribution in [0.3, 0.4) is 0 Å². The molecule has 0 aliphatic rings. The number of carboxylic acid groups (broad SMARTS) is 1. The van der Waals surface area contributed by atoms with Gasteiger partial charge in [-0.3, -0.25) is 9.59 Å². The van der Waals surface area contributed by atoms with E-state index >= 15 is 0 Å². The SMILES string of the molecule is CC/C=C\C/C=C\C/C=C\C/C=C\C/C=C\CCCCCC(=O)OC(COCCC(C(=O)O)[N+](C)(C)C)COC(=O)CCCCCCCCCCC. The second kappa shape index (κ2) is 35.1. The van der Waals surface area contributed by atoms with Crippen LogP contribution in [0, 0.1) is 0 Å². The van der Waals surface area contributed by atoms with Crippen molar-refractivity contribution >= 4 is 17.9 Å². The predicted octanol–water partition coefficient (Wildman–Crippen LogP) is 10.6. The molecule has 2 unspecified atom stereocenters. The monoisotopic (exact) mass is 731 g/mol. The van der Waals surface area contributed by atoms with E-state index in [1.807, 2.05) is 21.1 Å². The van der Waals surface area contributed by atoms with E-state index in [1.54, 1.807) is 0 Å². The molecule has 0 spiro atoms. The van der Waals surface area contributed by atoms with E-state index in [0.717, 1.165) is 77.0 Å². The van der Waals surface area contributed by atoms with Crippen molar-refractivity contribution in [3.63, 3.8) is 0 Å². The maximum Gasteiger partial charge on any atom is 0.362 e. The molecule has 1 N–H and O–H groups in total. The van der Waals surface area contributed by atoms with Gasteiger partial charge >= 0.3 is 17.9 Å². The lowest BCUT2D eigenvalue weighted by atomic mass is 10.1. The van der Waals surface area contributed by atoms with E-state index in [9.17, 15) is 19.5 Å². The average Bonchev–Trinajstić information content (AvgIpc) is 3.09. The van der Waals surface area contributed by atoms with Crippen LogP contribution < -0.4 is 0 Å². The van der Waals surface area contributed by atoms with Gasteiger partial charge in [0.05, 0.1) is 34.4 Å². The van der Waals surface area contributed by atoms with Gasteiger partial charge in [0.15, 0.2) is 12.1 Å². The summed E-state index contributed by atoms with van der Waals surface area (Å²) in [4.78, 5) is 36.8. The van der Waals surface area contributed by atoms with E-state index in [4.69, 9.17) is 14.2 Å². The molecule has 8 heteroatoms. The van der Waals surface area contributed by atoms with Gasteiger partial charge in [0, 0.05) is 19.3 Å². The number of hydrogen-bond acceptors (Lipinski definition) is 6. The van der Waals surface area contributed by atoms with E-state index < -0.39 is 18.1 Å². The van der Waals surface area contributed by atoms with Crippen molar-refractivity contribution in [2.24, 2.45) is 0 Å². The number of rotatable bonds is 35. The van der Waals surface area contributed by atoms with Crippen LogP contribution in [0.15, 0.2) is 60.8 Å². The van der Waals surface area contributed by atoms with Crippen LogP contribution in [0.4, 0.5) is 0 Å². The molecule has 0 fully saturated rings. The quantitative estimate of drug-likeness (QED) is 0.0300. The molecule has 0 bridgehead atoms. The zero-order valence-electron chi connectivity index (χ0n) is 33.7. The summed E-state index contributed by atoms with van der Waals surface area (Å²) in [5.74, 6) is -1.52. The minimum Gasteiger partial charge on any atom is -0.477 e. The molecule has 0 aromatic carbocycles. The number of hydrogen-bond donors (Lipinski definition) is 1. The molecule has 0 radical (unpaired) electrons. The van der Waals surface area contributed by atoms with E-state index in [1.165, 1.54) is 38.5 Å². The van der Waals surface area contributed by atoms with Crippen molar-refractivity contribution in [1.82, 2.24) is 0 Å². The number of carbonyl (C=O) groups is 3. The molecule has 8 nitrogen and oxygen atoms in total. The average molecular weight is 731 g/mol. The van der Waals surface area contributed by atoms with Gasteiger partial charge < -0.3 is 23.8 Å². The maximum absolute atomic E-state index is 12.7. The lowest BCUT2D eigenvalue weighted by molar-refractivity contribution is -0.887. The van der Waals surface area contributed by atoms with Crippen LogP contribution in [0.1, 0.15) is 149 Å². The van der Waals surface area contributed by atoms with E-state index in [2.05, 4.69) is 74.6 Å². The molecule has 0 saturated carbocycles. The van der Waals surface area contributed by atoms with Gasteiger partial charge in [0.25, 0.3) is 0 Å². The van der Waals surface area contributed by atoms with Crippen molar-refractivity contribution < 1.29 is 38.2 Å². The number of allylic oxidation sites excluding steroid dienone is 10. The second-order valence-corrected chi connectivity index (χ2v) is 14.5. The molecule has 0 aromatic heterocycles. The van der Waals surface area contributed by atoms with Crippen LogP contribution in [0.5, 0.6) is 0 Å². The Labute approximate surface area is 318 Å². The number of ether oxygens (including phenoxy) is 3. The van der Waals surface area contributed by atoms with Gasteiger partial charge in [-0.2, -0.15) is 0 Å². The highest BCUT2D eigenvalue weighted by molar-refractivity contribution is 5.72. The third-order valence-electron chi connectivity index (χ3n) is 8.68. The molecule has 0 rings (SSSR count). The zero-order valence-corrected chi connectivity index (χ0v) is 33.7. The van der Waals surface area contributed by atoms with Crippen LogP contribution in [-0.4, -0.2) is 80.6 Å². The Bertz CT molecular complexity index is 1040. The van der Waals surface area contributed by atoms with Crippen LogP contribution in [0.2, 0.25) is 0 Å². The van der Waals surface area contributed by atoms with Crippen LogP contribution >= 0.6 is 0 Å². The topological polar surface area (TPSA) is 99.1 Å². The summed E-state index contributed by atoms with van der Waals surface area (Å²) in [5, 5.41) is 9.59. The van der Waals surface area contributed by atoms with Gasteiger partial charge in [-0.05, 0) is 57.8 Å². The van der Waals surface area contributed by atoms with Crippen molar-refractivity contribution in [3.05, 3.63) is 60.8 Å². The third kappa shape index (κ3) is 32.9. The first-order chi connectivity index (χ1) is 25.1. The highest BCUT2D eigenvalue weighted by atomic mass is 16.6. The summed E-state index contributed by atoms with van der Waals surface area (Å²) < 4.78 is 17.2. The normalized spacial score (nSPS) is 13.6. The fourth-order valence-corrected chi connectivity index (χ4v) is 5.53. The Morgan fingerprint density at radius 2 is 1.08 bits per heavy atom. The second-order valence-electron chi connectivity index (χ2n) is 14.5. The lowest BCUT2D eigenvalue weighted by Crippen LogP contribution is -2.50. The van der Waals surface area contributed by atoms with Crippen molar-refractivity contribution in [3.8, 4) is 0 Å². The molecule has 0 amide bonds. The first-order valence-corrected chi connectivity index (χ1v) is 20.3. The van der Waals surface area contributed by atoms with E-state index in [-0.39, 0.29) is 42.7 Å². The van der Waals surface area contributed by atoms with Crippen molar-refractivity contribution in [2.45, 2.75) is 161 Å². The number of quaternary nitrogens is 1. The molecule has 0 heterocycles. The van der Waals surface area contributed by atoms with Gasteiger partial charge in [-0.25, -0.2) is 4.79 Å². The fraction of sp³-hybridized carbons (Fsp3) is 0.705. The molecular formula is C44H76NO7+. The predicted molar refractivity (Wildman–Crippen MR) is 215 cm³/mol. The largest absolute Gasteiger partial charge is 0.477 e. The van der Waals surface area contributed by atoms with Crippen molar-refractivity contribution in [2.75, 3.05) is 41.0 Å². The van der Waals surface area contributed by atoms with Gasteiger partial charge in [0.1, 0.15) is 6.61 Å². The highest BCUT2D eigenvalue weighted by Gasteiger charge is 2.31. The molecule has 52 heavy (non-hydrogen) atoms. The molecule has 0 saturated heterocycles. The smallest absolute Gasteiger partial charge is 0.362 e. The van der Waals surface area contributed by atoms with E-state index in [0.29, 0.717) is 12.8 Å². The standard InChI is InChI=1S/C44H75NO7/c1-6-8-10-12-14-16-17-18-19-20-21-22-23-24-25-27-29-31-33-35-43(47)52-40(38-50-37-36-41(44(48)49)45(3,4)5)39-51-42(46)34-32-30-28-26-15-13-11-9-7-2/h8,10,14,16,18-19,21-22,24-25,40-41H,6-7,9,11-13,15,17,20,23,26-39H2,1-5H3/p+1/b10-8-,16-14-,19-18-,22-21-,25-24-. The zero-order chi connectivity index (χ0) is 38.5. The molecule has 2 atom stereocenters. The number of aliphatic carboxylic acids is 1. The summed E-state index contributed by atoms with van der Waals surface area (Å²) in [6.45, 7) is 4.55. The minimum atomic E-state index is -0.883. The van der Waals surface area contributed by atoms with Gasteiger partial charge in [-0.15, -0.1) is 0 Å². The van der Waals surface area contributed by atoms with Crippen molar-refractivity contribution in [1.29, 1.82) is 0 Å². The molecule has 298 valence electrons. The summed E-state index contributed by atoms with van der Waals surface area (Å²) >= 11 is 0. The summed E-state index contributed by atoms with van der Waals surface area (Å²) in [7, 11) is 5.50. The Morgan fingerprint density at radius 1 is 0.596 bits per heavy atom. The minimum absolute atomic E-state index is 0.0462. The number of carboxylic acids is 1. The summed E-state index contributed by atoms with van der Waals surface area (Å²) in [6.07, 6.45) is 41.2. The van der Waals surface area contributed by atoms with Gasteiger partial charge in [-0.1, -0.05) is 132 Å². The molecular weight excluding hydrogens is 654 g/mol. The Hall–Kier alpha value is -2.97. The Balaban J connectivity index is 4.44. The Kier molecular flexibility index (Phi) is 33.1. The Morgan fingerprint density at radius 3 is 1.60 bits per heavy atom. The third-order valence-corrected chi connectivity index (χ3v) is 8.68. The number of carbonyl (C=O) groups excluding carboxylic acids is 2. The lowest BCUT2D eigenvalue weighted by Gasteiger charge is -2.31. The number of likely N-dealkylation sites (N-methyl/N-ethyl adjacent to an activating group) is 1.